The van der Waals surface area contributed by atoms with Gasteiger partial charge in [0.2, 0.25) is 0 Å². The van der Waals surface area contributed by atoms with Crippen LogP contribution in [-0.2, 0) is 11.3 Å². The largest absolute Gasteiger partial charge is 0.384 e. The molecular weight excluding hydrogens is 238 g/mol. The predicted octanol–water partition coefficient (Wildman–Crippen LogP) is 3.14. The van der Waals surface area contributed by atoms with Crippen LogP contribution in [0.2, 0.25) is 0 Å². The first-order valence-corrected chi connectivity index (χ1v) is 7.44. The maximum atomic E-state index is 6.38. The van der Waals surface area contributed by atoms with E-state index in [2.05, 4.69) is 32.3 Å². The summed E-state index contributed by atoms with van der Waals surface area (Å²) in [4.78, 5) is 4.87. The Hall–Kier alpha value is -1.03. The number of rotatable bonds is 4. The first kappa shape index (κ1) is 14.4. The summed E-state index contributed by atoms with van der Waals surface area (Å²) in [6.45, 7) is 11.4. The molecule has 2 heterocycles. The highest BCUT2D eigenvalue weighted by atomic mass is 16.5. The Bertz CT molecular complexity index is 417. The molecule has 1 aliphatic rings. The molecule has 4 heteroatoms. The van der Waals surface area contributed by atoms with Crippen molar-refractivity contribution in [3.05, 3.63) is 11.5 Å². The summed E-state index contributed by atoms with van der Waals surface area (Å²) in [5.41, 5.74) is 7.49. The Morgan fingerprint density at radius 2 is 1.89 bits per heavy atom. The number of aromatic nitrogens is 2. The second-order valence-corrected chi connectivity index (χ2v) is 6.29. The van der Waals surface area contributed by atoms with Gasteiger partial charge in [-0.3, -0.25) is 0 Å². The number of anilines is 1. The second-order valence-electron chi connectivity index (χ2n) is 6.29. The highest BCUT2D eigenvalue weighted by molar-refractivity contribution is 5.41. The first-order valence-electron chi connectivity index (χ1n) is 7.44. The van der Waals surface area contributed by atoms with Crippen molar-refractivity contribution in [3.8, 4) is 0 Å². The van der Waals surface area contributed by atoms with Crippen molar-refractivity contribution in [3.63, 3.8) is 0 Å². The third kappa shape index (κ3) is 3.11. The molecule has 19 heavy (non-hydrogen) atoms. The van der Waals surface area contributed by atoms with Crippen LogP contribution in [0.5, 0.6) is 0 Å². The molecule has 1 fully saturated rings. The number of nitrogen functional groups attached to an aromatic ring is 1. The Morgan fingerprint density at radius 1 is 1.26 bits per heavy atom. The zero-order chi connectivity index (χ0) is 14.0. The lowest BCUT2D eigenvalue weighted by atomic mass is 9.96. The smallest absolute Gasteiger partial charge is 0.127 e. The topological polar surface area (TPSA) is 53.1 Å². The van der Waals surface area contributed by atoms with Crippen LogP contribution in [0, 0.1) is 5.92 Å². The summed E-state index contributed by atoms with van der Waals surface area (Å²) < 4.78 is 7.66. The molecule has 1 aromatic rings. The number of hydrogen-bond acceptors (Lipinski definition) is 3. The van der Waals surface area contributed by atoms with Crippen LogP contribution in [0.25, 0.3) is 0 Å². The van der Waals surface area contributed by atoms with E-state index in [0.29, 0.717) is 17.8 Å². The molecule has 0 saturated carbocycles. The van der Waals surface area contributed by atoms with E-state index in [0.717, 1.165) is 49.9 Å². The second kappa shape index (κ2) is 5.95. The van der Waals surface area contributed by atoms with Crippen LogP contribution in [0.1, 0.15) is 63.9 Å². The normalized spacial score (nSPS) is 17.6. The fourth-order valence-electron chi connectivity index (χ4n) is 2.77. The van der Waals surface area contributed by atoms with Gasteiger partial charge in [0.25, 0.3) is 0 Å². The SMILES string of the molecule is CC(C)Cn1c(C(C)C)nc(C2CCOCC2)c1N. The fraction of sp³-hybridized carbons (Fsp3) is 0.800. The molecule has 0 bridgehead atoms. The van der Waals surface area contributed by atoms with Gasteiger partial charge >= 0.3 is 0 Å². The van der Waals surface area contributed by atoms with Crippen molar-refractivity contribution in [2.75, 3.05) is 18.9 Å². The van der Waals surface area contributed by atoms with E-state index in [9.17, 15) is 0 Å². The molecule has 2 N–H and O–H groups in total. The van der Waals surface area contributed by atoms with E-state index >= 15 is 0 Å². The fourth-order valence-corrected chi connectivity index (χ4v) is 2.77. The van der Waals surface area contributed by atoms with Gasteiger partial charge in [-0.2, -0.15) is 0 Å². The molecule has 1 aliphatic heterocycles. The summed E-state index contributed by atoms with van der Waals surface area (Å²) >= 11 is 0. The van der Waals surface area contributed by atoms with Crippen LogP contribution >= 0.6 is 0 Å². The van der Waals surface area contributed by atoms with E-state index in [1.807, 2.05) is 0 Å². The van der Waals surface area contributed by atoms with Crippen LogP contribution in [0.15, 0.2) is 0 Å². The lowest BCUT2D eigenvalue weighted by molar-refractivity contribution is 0.0847. The van der Waals surface area contributed by atoms with Gasteiger partial charge in [-0.05, 0) is 18.8 Å². The number of nitrogens with two attached hydrogens (primary N) is 1. The zero-order valence-corrected chi connectivity index (χ0v) is 12.6. The van der Waals surface area contributed by atoms with E-state index in [1.165, 1.54) is 0 Å². The van der Waals surface area contributed by atoms with Gasteiger partial charge in [0.1, 0.15) is 11.6 Å². The van der Waals surface area contributed by atoms with Crippen LogP contribution < -0.4 is 5.73 Å². The molecule has 0 aromatic carbocycles. The maximum Gasteiger partial charge on any atom is 0.127 e. The number of hydrogen-bond donors (Lipinski definition) is 1. The monoisotopic (exact) mass is 265 g/mol. The Kier molecular flexibility index (Phi) is 4.50. The molecule has 4 nitrogen and oxygen atoms in total. The summed E-state index contributed by atoms with van der Waals surface area (Å²) in [5, 5.41) is 0. The summed E-state index contributed by atoms with van der Waals surface area (Å²) in [7, 11) is 0. The quantitative estimate of drug-likeness (QED) is 0.910. The first-order chi connectivity index (χ1) is 9.00. The minimum atomic E-state index is 0.412. The van der Waals surface area contributed by atoms with Crippen molar-refractivity contribution < 1.29 is 4.74 Å². The molecule has 108 valence electrons. The van der Waals surface area contributed by atoms with Crippen molar-refractivity contribution in [1.29, 1.82) is 0 Å². The molecule has 0 radical (unpaired) electrons. The number of ether oxygens (including phenoxy) is 1. The maximum absolute atomic E-state index is 6.38. The van der Waals surface area contributed by atoms with Crippen LogP contribution in [-0.4, -0.2) is 22.8 Å². The van der Waals surface area contributed by atoms with Crippen LogP contribution in [0.4, 0.5) is 5.82 Å². The number of imidazole rings is 1. The van der Waals surface area contributed by atoms with Gasteiger partial charge in [-0.1, -0.05) is 27.7 Å². The lowest BCUT2D eigenvalue weighted by Gasteiger charge is -2.21. The molecular formula is C15H27N3O. The third-order valence-corrected chi connectivity index (χ3v) is 3.74. The summed E-state index contributed by atoms with van der Waals surface area (Å²) in [6, 6.07) is 0. The molecule has 0 unspecified atom stereocenters. The number of nitrogens with zero attached hydrogens (tertiary/aromatic N) is 2. The highest BCUT2D eigenvalue weighted by Gasteiger charge is 2.25. The molecule has 2 rings (SSSR count). The van der Waals surface area contributed by atoms with Crippen molar-refractivity contribution in [1.82, 2.24) is 9.55 Å². The summed E-state index contributed by atoms with van der Waals surface area (Å²) in [6.07, 6.45) is 2.08. The van der Waals surface area contributed by atoms with Gasteiger partial charge in [-0.15, -0.1) is 0 Å². The van der Waals surface area contributed by atoms with E-state index in [4.69, 9.17) is 15.5 Å². The Balaban J connectivity index is 2.33. The van der Waals surface area contributed by atoms with E-state index in [-0.39, 0.29) is 0 Å². The standard InChI is InChI=1S/C15H27N3O/c1-10(2)9-18-14(16)13(17-15(18)11(3)4)12-5-7-19-8-6-12/h10-12H,5-9,16H2,1-4H3. The zero-order valence-electron chi connectivity index (χ0n) is 12.6. The van der Waals surface area contributed by atoms with Crippen LogP contribution in [0.3, 0.4) is 0 Å². The van der Waals surface area contributed by atoms with E-state index < -0.39 is 0 Å². The Labute approximate surface area is 116 Å². The lowest BCUT2D eigenvalue weighted by Crippen LogP contribution is -2.16. The van der Waals surface area contributed by atoms with Gasteiger partial charge in [0.15, 0.2) is 0 Å². The highest BCUT2D eigenvalue weighted by Crippen LogP contribution is 2.33. The molecule has 1 aromatic heterocycles. The molecule has 0 aliphatic carbocycles. The molecule has 0 atom stereocenters. The van der Waals surface area contributed by atoms with Gasteiger partial charge in [0, 0.05) is 31.6 Å². The van der Waals surface area contributed by atoms with Gasteiger partial charge in [0.05, 0.1) is 5.69 Å². The molecule has 0 amide bonds. The minimum absolute atomic E-state index is 0.412. The van der Waals surface area contributed by atoms with Crippen molar-refractivity contribution in [2.45, 2.75) is 58.9 Å². The average molecular weight is 265 g/mol. The Morgan fingerprint density at radius 3 is 2.42 bits per heavy atom. The minimum Gasteiger partial charge on any atom is -0.384 e. The molecule has 1 saturated heterocycles. The summed E-state index contributed by atoms with van der Waals surface area (Å²) in [5.74, 6) is 3.47. The van der Waals surface area contributed by atoms with Crippen molar-refractivity contribution in [2.24, 2.45) is 5.92 Å². The van der Waals surface area contributed by atoms with Gasteiger partial charge < -0.3 is 15.0 Å². The van der Waals surface area contributed by atoms with Gasteiger partial charge in [-0.25, -0.2) is 4.98 Å². The van der Waals surface area contributed by atoms with Crippen molar-refractivity contribution >= 4 is 5.82 Å². The molecule has 0 spiro atoms. The average Bonchev–Trinajstić information content (AvgIpc) is 2.68. The predicted molar refractivity (Wildman–Crippen MR) is 78.4 cm³/mol. The van der Waals surface area contributed by atoms with E-state index in [1.54, 1.807) is 0 Å². The third-order valence-electron chi connectivity index (χ3n) is 3.74.